The maximum Gasteiger partial charge on any atom is 0.276 e. The van der Waals surface area contributed by atoms with E-state index < -0.39 is 15.9 Å². The van der Waals surface area contributed by atoms with Crippen molar-refractivity contribution in [2.45, 2.75) is 18.2 Å². The average Bonchev–Trinajstić information content (AvgIpc) is 2.53. The van der Waals surface area contributed by atoms with E-state index >= 15 is 0 Å². The summed E-state index contributed by atoms with van der Waals surface area (Å²) in [4.78, 5) is 12.5. The molecule has 0 bridgehead atoms. The molecule has 1 aromatic heterocycles. The van der Waals surface area contributed by atoms with Gasteiger partial charge < -0.3 is 0 Å². The topological polar surface area (TPSA) is 63.2 Å². The van der Waals surface area contributed by atoms with E-state index in [9.17, 15) is 13.2 Å². The highest BCUT2D eigenvalue weighted by Crippen LogP contribution is 2.30. The zero-order chi connectivity index (χ0) is 9.64. The molecule has 0 fully saturated rings. The molecule has 1 aliphatic rings. The van der Waals surface area contributed by atoms with E-state index in [2.05, 4.69) is 0 Å². The first kappa shape index (κ1) is 8.71. The molecule has 0 unspecified atom stereocenters. The van der Waals surface area contributed by atoms with E-state index in [0.29, 0.717) is 4.88 Å². The smallest absolute Gasteiger partial charge is 0.267 e. The Balaban J connectivity index is 2.69. The van der Waals surface area contributed by atoms with Crippen molar-refractivity contribution in [2.75, 3.05) is 0 Å². The molecule has 2 rings (SSSR count). The standard InChI is InChI=1S/C7H7NO3S2/c1-2-4-3-5-6(12-4)7(9)8-13(5,10)11/h3H,2H2,1H3,(H,8,9). The van der Waals surface area contributed by atoms with Gasteiger partial charge >= 0.3 is 0 Å². The van der Waals surface area contributed by atoms with Gasteiger partial charge in [0.2, 0.25) is 0 Å². The third-order valence-electron chi connectivity index (χ3n) is 1.82. The van der Waals surface area contributed by atoms with Crippen molar-refractivity contribution in [3.8, 4) is 0 Å². The molecule has 70 valence electrons. The van der Waals surface area contributed by atoms with Crippen LogP contribution in [0.2, 0.25) is 0 Å². The summed E-state index contributed by atoms with van der Waals surface area (Å²) >= 11 is 1.24. The van der Waals surface area contributed by atoms with Gasteiger partial charge in [-0.2, -0.15) is 0 Å². The first-order valence-corrected chi connectivity index (χ1v) is 6.04. The van der Waals surface area contributed by atoms with Crippen molar-refractivity contribution in [1.82, 2.24) is 4.72 Å². The second-order valence-electron chi connectivity index (χ2n) is 2.69. The predicted octanol–water partition coefficient (Wildman–Crippen LogP) is 0.743. The largest absolute Gasteiger partial charge is 0.276 e. The fourth-order valence-electron chi connectivity index (χ4n) is 1.18. The van der Waals surface area contributed by atoms with Crippen LogP contribution in [-0.2, 0) is 16.4 Å². The molecule has 0 atom stereocenters. The lowest BCUT2D eigenvalue weighted by Gasteiger charge is -1.92. The number of thiophene rings is 1. The molecular formula is C7H7NO3S2. The minimum Gasteiger partial charge on any atom is -0.267 e. The number of hydrogen-bond donors (Lipinski definition) is 1. The summed E-state index contributed by atoms with van der Waals surface area (Å²) in [5.74, 6) is -0.500. The van der Waals surface area contributed by atoms with E-state index in [0.717, 1.165) is 11.3 Å². The monoisotopic (exact) mass is 217 g/mol. The van der Waals surface area contributed by atoms with Crippen LogP contribution in [0.4, 0.5) is 0 Å². The van der Waals surface area contributed by atoms with E-state index in [-0.39, 0.29) is 4.90 Å². The van der Waals surface area contributed by atoms with E-state index in [1.807, 2.05) is 11.6 Å². The maximum absolute atomic E-state index is 11.3. The Bertz CT molecular complexity index is 472. The normalized spacial score (nSPS) is 18.4. The highest BCUT2D eigenvalue weighted by atomic mass is 32.2. The summed E-state index contributed by atoms with van der Waals surface area (Å²) < 4.78 is 24.5. The van der Waals surface area contributed by atoms with Gasteiger partial charge in [0.1, 0.15) is 9.77 Å². The van der Waals surface area contributed by atoms with Crippen LogP contribution in [0, 0.1) is 0 Å². The molecule has 4 nitrogen and oxygen atoms in total. The van der Waals surface area contributed by atoms with E-state index in [1.54, 1.807) is 6.07 Å². The Labute approximate surface area is 79.6 Å². The van der Waals surface area contributed by atoms with Crippen molar-refractivity contribution < 1.29 is 13.2 Å². The van der Waals surface area contributed by atoms with Crippen molar-refractivity contribution in [2.24, 2.45) is 0 Å². The Morgan fingerprint density at radius 3 is 2.77 bits per heavy atom. The molecule has 1 aromatic rings. The molecule has 0 spiro atoms. The molecule has 1 amide bonds. The van der Waals surface area contributed by atoms with Crippen LogP contribution in [0.3, 0.4) is 0 Å². The van der Waals surface area contributed by atoms with Crippen LogP contribution in [0.25, 0.3) is 0 Å². The Hall–Kier alpha value is -0.880. The van der Waals surface area contributed by atoms with Crippen LogP contribution < -0.4 is 4.72 Å². The molecular weight excluding hydrogens is 210 g/mol. The highest BCUT2D eigenvalue weighted by molar-refractivity contribution is 7.91. The summed E-state index contributed by atoms with van der Waals surface area (Å²) in [6.45, 7) is 1.92. The minimum absolute atomic E-state index is 0.138. The third-order valence-corrected chi connectivity index (χ3v) is 4.58. The maximum atomic E-state index is 11.3. The van der Waals surface area contributed by atoms with Gasteiger partial charge in [0, 0.05) is 4.88 Å². The molecule has 13 heavy (non-hydrogen) atoms. The SMILES string of the molecule is CCc1cc2c(s1)C(=O)NS2(=O)=O. The molecule has 1 N–H and O–H groups in total. The Morgan fingerprint density at radius 2 is 2.23 bits per heavy atom. The average molecular weight is 217 g/mol. The number of amides is 1. The second kappa shape index (κ2) is 2.55. The Kier molecular flexibility index (Phi) is 1.71. The van der Waals surface area contributed by atoms with Crippen LogP contribution in [0.1, 0.15) is 21.5 Å². The number of hydrogen-bond acceptors (Lipinski definition) is 4. The number of aryl methyl sites for hydroxylation is 1. The third kappa shape index (κ3) is 1.17. The van der Waals surface area contributed by atoms with Gasteiger partial charge in [-0.3, -0.25) is 4.79 Å². The fraction of sp³-hybridized carbons (Fsp3) is 0.286. The summed E-state index contributed by atoms with van der Waals surface area (Å²) in [6.07, 6.45) is 0.750. The van der Waals surface area contributed by atoms with Gasteiger partial charge in [0.05, 0.1) is 0 Å². The van der Waals surface area contributed by atoms with Crippen molar-refractivity contribution >= 4 is 27.3 Å². The molecule has 0 aliphatic carbocycles. The zero-order valence-electron chi connectivity index (χ0n) is 6.83. The molecule has 0 saturated carbocycles. The van der Waals surface area contributed by atoms with Crippen LogP contribution in [0.5, 0.6) is 0 Å². The molecule has 0 aromatic carbocycles. The highest BCUT2D eigenvalue weighted by Gasteiger charge is 2.34. The van der Waals surface area contributed by atoms with Gasteiger partial charge in [-0.15, -0.1) is 11.3 Å². The molecule has 6 heteroatoms. The summed E-state index contributed by atoms with van der Waals surface area (Å²) in [5.41, 5.74) is 0. The van der Waals surface area contributed by atoms with E-state index in [1.165, 1.54) is 11.3 Å². The minimum atomic E-state index is -3.53. The van der Waals surface area contributed by atoms with Gasteiger partial charge in [-0.05, 0) is 12.5 Å². The summed E-state index contributed by atoms with van der Waals surface area (Å²) in [6, 6.07) is 1.56. The molecule has 2 heterocycles. The molecule has 0 saturated heterocycles. The number of fused-ring (bicyclic) bond motifs is 1. The summed E-state index contributed by atoms with van der Waals surface area (Å²) in [7, 11) is -3.53. The lowest BCUT2D eigenvalue weighted by atomic mass is 10.3. The number of sulfonamides is 1. The van der Waals surface area contributed by atoms with Gasteiger partial charge in [0.15, 0.2) is 0 Å². The van der Waals surface area contributed by atoms with Crippen LogP contribution in [-0.4, -0.2) is 14.3 Å². The summed E-state index contributed by atoms with van der Waals surface area (Å²) in [5, 5.41) is 0. The number of carbonyl (C=O) groups is 1. The van der Waals surface area contributed by atoms with Gasteiger partial charge in [-0.25, -0.2) is 13.1 Å². The fourth-order valence-corrected chi connectivity index (χ4v) is 3.75. The first-order valence-electron chi connectivity index (χ1n) is 3.74. The Morgan fingerprint density at radius 1 is 1.54 bits per heavy atom. The number of rotatable bonds is 1. The first-order chi connectivity index (χ1) is 6.04. The second-order valence-corrected chi connectivity index (χ2v) is 5.48. The lowest BCUT2D eigenvalue weighted by molar-refractivity contribution is 0.0989. The number of carbonyl (C=O) groups excluding carboxylic acids is 1. The van der Waals surface area contributed by atoms with Crippen LogP contribution in [0.15, 0.2) is 11.0 Å². The number of nitrogens with one attached hydrogen (secondary N) is 1. The molecule has 0 radical (unpaired) electrons. The van der Waals surface area contributed by atoms with Gasteiger partial charge in [-0.1, -0.05) is 6.92 Å². The van der Waals surface area contributed by atoms with Crippen LogP contribution >= 0.6 is 11.3 Å². The van der Waals surface area contributed by atoms with E-state index in [4.69, 9.17) is 0 Å². The van der Waals surface area contributed by atoms with Crippen molar-refractivity contribution in [3.63, 3.8) is 0 Å². The van der Waals surface area contributed by atoms with Gasteiger partial charge in [0.25, 0.3) is 15.9 Å². The van der Waals surface area contributed by atoms with Crippen molar-refractivity contribution in [3.05, 3.63) is 15.8 Å². The lowest BCUT2D eigenvalue weighted by Crippen LogP contribution is -2.21. The molecule has 1 aliphatic heterocycles. The zero-order valence-corrected chi connectivity index (χ0v) is 8.46. The quantitative estimate of drug-likeness (QED) is 0.754. The van der Waals surface area contributed by atoms with Crippen molar-refractivity contribution in [1.29, 1.82) is 0 Å². The predicted molar refractivity (Wildman–Crippen MR) is 48.3 cm³/mol.